The van der Waals surface area contributed by atoms with Gasteiger partial charge in [0.05, 0.1) is 5.69 Å². The summed E-state index contributed by atoms with van der Waals surface area (Å²) in [5.41, 5.74) is -2.15. The summed E-state index contributed by atoms with van der Waals surface area (Å²) in [5, 5.41) is 1.59. The average Bonchev–Trinajstić information content (AvgIpc) is 2.62. The standard InChI is InChI=1S/C17H14ClF6N3OS/c1-10-4-5-17(19,15-14(10)25-6-7-26-15)16(28)27-9-11-2-3-12(8-13(11)18)29(20,21,22,23)24/h2-3,6-8H,1,4-5,9H2,(H,27,28). The molecule has 0 bridgehead atoms. The topological polar surface area (TPSA) is 54.9 Å². The third-order valence-corrected chi connectivity index (χ3v) is 5.95. The Morgan fingerprint density at radius 2 is 1.86 bits per heavy atom. The monoisotopic (exact) mass is 457 g/mol. The second-order valence-electron chi connectivity index (χ2n) is 6.56. The quantitative estimate of drug-likeness (QED) is 0.566. The van der Waals surface area contributed by atoms with Crippen LogP contribution in [0.3, 0.4) is 0 Å². The lowest BCUT2D eigenvalue weighted by molar-refractivity contribution is -0.134. The third kappa shape index (κ3) is 4.20. The van der Waals surface area contributed by atoms with Gasteiger partial charge in [-0.1, -0.05) is 43.7 Å². The van der Waals surface area contributed by atoms with Crippen LogP contribution in [-0.2, 0) is 17.0 Å². The molecule has 1 aromatic carbocycles. The van der Waals surface area contributed by atoms with Crippen molar-refractivity contribution in [2.75, 3.05) is 0 Å². The highest BCUT2D eigenvalue weighted by Crippen LogP contribution is 3.02. The summed E-state index contributed by atoms with van der Waals surface area (Å²) in [6.45, 7) is 3.28. The number of nitrogens with one attached hydrogen (secondary N) is 1. The highest BCUT2D eigenvalue weighted by molar-refractivity contribution is 8.45. The van der Waals surface area contributed by atoms with Crippen LogP contribution >= 0.6 is 21.8 Å². The second-order valence-corrected chi connectivity index (χ2v) is 9.38. The van der Waals surface area contributed by atoms with E-state index in [0.29, 0.717) is 11.6 Å². The van der Waals surface area contributed by atoms with E-state index in [2.05, 4.69) is 21.9 Å². The molecule has 3 rings (SSSR count). The van der Waals surface area contributed by atoms with Crippen LogP contribution < -0.4 is 5.32 Å². The molecule has 1 atom stereocenters. The van der Waals surface area contributed by atoms with E-state index in [1.54, 1.807) is 0 Å². The minimum Gasteiger partial charge on any atom is -0.349 e. The fourth-order valence-electron chi connectivity index (χ4n) is 2.89. The minimum absolute atomic E-state index is 0.0845. The predicted molar refractivity (Wildman–Crippen MR) is 97.8 cm³/mol. The molecule has 1 N–H and O–H groups in total. The van der Waals surface area contributed by atoms with E-state index in [4.69, 9.17) is 11.6 Å². The molecule has 0 radical (unpaired) electrons. The smallest absolute Gasteiger partial charge is 0.310 e. The molecule has 1 amide bonds. The van der Waals surface area contributed by atoms with E-state index in [9.17, 15) is 24.2 Å². The molecule has 2 aromatic rings. The van der Waals surface area contributed by atoms with Crippen LogP contribution in [0.15, 0.2) is 42.1 Å². The van der Waals surface area contributed by atoms with Crippen LogP contribution in [-0.4, -0.2) is 15.9 Å². The molecule has 158 valence electrons. The lowest BCUT2D eigenvalue weighted by atomic mass is 9.83. The Labute approximate surface area is 166 Å². The van der Waals surface area contributed by atoms with Gasteiger partial charge in [0.2, 0.25) is 5.67 Å². The summed E-state index contributed by atoms with van der Waals surface area (Å²) in [5.74, 6) is -1.10. The zero-order chi connectivity index (χ0) is 21.7. The van der Waals surface area contributed by atoms with Crippen molar-refractivity contribution in [3.63, 3.8) is 0 Å². The Kier molecular flexibility index (Phi) is 4.52. The Morgan fingerprint density at radius 1 is 1.21 bits per heavy atom. The largest absolute Gasteiger partial charge is 0.349 e. The van der Waals surface area contributed by atoms with Gasteiger partial charge >= 0.3 is 10.2 Å². The number of benzene rings is 1. The first kappa shape index (κ1) is 21.4. The van der Waals surface area contributed by atoms with Crippen molar-refractivity contribution < 1.29 is 28.6 Å². The van der Waals surface area contributed by atoms with Crippen LogP contribution in [0.5, 0.6) is 0 Å². The van der Waals surface area contributed by atoms with Crippen molar-refractivity contribution in [2.24, 2.45) is 0 Å². The molecule has 0 saturated heterocycles. The molecule has 1 aromatic heterocycles. The van der Waals surface area contributed by atoms with Gasteiger partial charge in [-0.15, -0.1) is 0 Å². The fourth-order valence-corrected chi connectivity index (χ4v) is 3.87. The van der Waals surface area contributed by atoms with E-state index in [0.717, 1.165) is 0 Å². The molecule has 1 unspecified atom stereocenters. The zero-order valence-corrected chi connectivity index (χ0v) is 16.1. The van der Waals surface area contributed by atoms with Gasteiger partial charge in [0.25, 0.3) is 5.91 Å². The summed E-state index contributed by atoms with van der Waals surface area (Å²) >= 11 is 5.67. The van der Waals surface area contributed by atoms with Gasteiger partial charge in [0.15, 0.2) is 0 Å². The molecule has 0 aliphatic heterocycles. The summed E-state index contributed by atoms with van der Waals surface area (Å²) in [7, 11) is -9.88. The van der Waals surface area contributed by atoms with Crippen LogP contribution in [0, 0.1) is 0 Å². The Morgan fingerprint density at radius 3 is 2.48 bits per heavy atom. The zero-order valence-electron chi connectivity index (χ0n) is 14.6. The minimum atomic E-state index is -9.88. The number of fused-ring (bicyclic) bond motifs is 1. The second kappa shape index (κ2) is 6.11. The number of halogens is 7. The van der Waals surface area contributed by atoms with Crippen molar-refractivity contribution in [2.45, 2.75) is 30.0 Å². The van der Waals surface area contributed by atoms with Gasteiger partial charge in [-0.05, 0) is 29.7 Å². The first-order valence-electron chi connectivity index (χ1n) is 8.11. The van der Waals surface area contributed by atoms with Crippen LogP contribution in [0.4, 0.5) is 23.8 Å². The van der Waals surface area contributed by atoms with Crippen molar-refractivity contribution in [3.05, 3.63) is 59.1 Å². The average molecular weight is 458 g/mol. The molecule has 1 aliphatic carbocycles. The van der Waals surface area contributed by atoms with Gasteiger partial charge < -0.3 is 5.32 Å². The fraction of sp³-hybridized carbons (Fsp3) is 0.235. The lowest BCUT2D eigenvalue weighted by Crippen LogP contribution is -2.43. The third-order valence-electron chi connectivity index (χ3n) is 4.45. The number of hydrogen-bond acceptors (Lipinski definition) is 3. The lowest BCUT2D eigenvalue weighted by Gasteiger charge is -2.40. The van der Waals surface area contributed by atoms with Crippen molar-refractivity contribution >= 4 is 33.3 Å². The number of carbonyl (C=O) groups excluding carboxylic acids is 1. The predicted octanol–water partition coefficient (Wildman–Crippen LogP) is 6.08. The van der Waals surface area contributed by atoms with Crippen molar-refractivity contribution in [3.8, 4) is 0 Å². The Balaban J connectivity index is 1.82. The number of nitrogens with zero attached hydrogens (tertiary/aromatic N) is 2. The number of hydrogen-bond donors (Lipinski definition) is 1. The number of allylic oxidation sites excluding steroid dienone is 1. The molecule has 1 heterocycles. The summed E-state index contributed by atoms with van der Waals surface area (Å²) in [4.78, 5) is 18.2. The first-order chi connectivity index (χ1) is 13.1. The van der Waals surface area contributed by atoms with E-state index >= 15 is 4.39 Å². The van der Waals surface area contributed by atoms with Crippen molar-refractivity contribution in [1.82, 2.24) is 15.3 Å². The Bertz CT molecular complexity index is 1030. The highest BCUT2D eigenvalue weighted by Gasteiger charge is 2.65. The molecular formula is C17H14ClF6N3OS. The number of alkyl halides is 1. The van der Waals surface area contributed by atoms with E-state index < -0.39 is 38.3 Å². The summed E-state index contributed by atoms with van der Waals surface area (Å²) in [6.07, 6.45) is 2.44. The van der Waals surface area contributed by atoms with Gasteiger partial charge in [-0.25, -0.2) is 4.39 Å². The van der Waals surface area contributed by atoms with E-state index in [1.807, 2.05) is 0 Å². The maximum absolute atomic E-state index is 15.4. The van der Waals surface area contributed by atoms with Gasteiger partial charge in [0, 0.05) is 30.4 Å². The van der Waals surface area contributed by atoms with Crippen LogP contribution in [0.2, 0.25) is 5.02 Å². The van der Waals surface area contributed by atoms with Crippen LogP contribution in [0.1, 0.15) is 29.8 Å². The SMILES string of the molecule is C=C1CCC(F)(C(=O)NCc2ccc(S(F)(F)(F)(F)F)cc2Cl)c2nccnc21. The molecule has 4 nitrogen and oxygen atoms in total. The molecular weight excluding hydrogens is 444 g/mol. The number of carbonyl (C=O) groups is 1. The molecule has 29 heavy (non-hydrogen) atoms. The number of amides is 1. The molecule has 0 saturated carbocycles. The maximum Gasteiger partial charge on any atom is 0.310 e. The maximum atomic E-state index is 15.4. The highest BCUT2D eigenvalue weighted by atomic mass is 35.5. The van der Waals surface area contributed by atoms with Crippen molar-refractivity contribution in [1.29, 1.82) is 0 Å². The summed E-state index contributed by atoms with van der Waals surface area (Å²) < 4.78 is 79.6. The number of aromatic nitrogens is 2. The van der Waals surface area contributed by atoms with Crippen LogP contribution in [0.25, 0.3) is 5.57 Å². The molecule has 0 spiro atoms. The normalized spacial score (nSPS) is 21.7. The molecule has 1 aliphatic rings. The van der Waals surface area contributed by atoms with E-state index in [1.165, 1.54) is 12.4 Å². The molecule has 0 fully saturated rings. The van der Waals surface area contributed by atoms with Gasteiger partial charge in [0.1, 0.15) is 10.6 Å². The molecule has 12 heteroatoms. The Hall–Kier alpha value is -2.27. The van der Waals surface area contributed by atoms with Gasteiger partial charge in [-0.3, -0.25) is 14.8 Å². The first-order valence-corrected chi connectivity index (χ1v) is 10.4. The van der Waals surface area contributed by atoms with E-state index in [-0.39, 0.29) is 41.9 Å². The number of rotatable bonds is 4. The summed E-state index contributed by atoms with van der Waals surface area (Å²) in [6, 6.07) is 0.962. The van der Waals surface area contributed by atoms with Gasteiger partial charge in [-0.2, -0.15) is 0 Å².